The van der Waals surface area contributed by atoms with Gasteiger partial charge < -0.3 is 19.2 Å². The number of hydrogen-bond acceptors (Lipinski definition) is 5. The van der Waals surface area contributed by atoms with Crippen LogP contribution in [0.2, 0.25) is 0 Å². The Morgan fingerprint density at radius 1 is 1.24 bits per heavy atom. The fourth-order valence-electron chi connectivity index (χ4n) is 3.17. The quantitative estimate of drug-likeness (QED) is 0.863. The second kappa shape index (κ2) is 7.53. The van der Waals surface area contributed by atoms with E-state index in [1.54, 1.807) is 4.90 Å². The number of furan rings is 1. The molecule has 3 rings (SSSR count). The molecule has 0 bridgehead atoms. The van der Waals surface area contributed by atoms with Crippen LogP contribution in [-0.4, -0.2) is 42.1 Å². The summed E-state index contributed by atoms with van der Waals surface area (Å²) in [5.41, 5.74) is 1.13. The molecule has 0 radical (unpaired) electrons. The van der Waals surface area contributed by atoms with Gasteiger partial charge in [0.2, 0.25) is 0 Å². The number of rotatable bonds is 4. The van der Waals surface area contributed by atoms with Crippen molar-refractivity contribution in [1.29, 1.82) is 0 Å². The maximum atomic E-state index is 12.5. The molecule has 1 aliphatic heterocycles. The number of methoxy groups -OCH3 is 1. The molecule has 0 spiro atoms. The molecule has 1 aliphatic rings. The lowest BCUT2D eigenvalue weighted by atomic mass is 9.87. The summed E-state index contributed by atoms with van der Waals surface area (Å²) < 4.78 is 9.81. The van der Waals surface area contributed by atoms with Crippen LogP contribution in [0.3, 0.4) is 0 Å². The van der Waals surface area contributed by atoms with E-state index < -0.39 is 12.1 Å². The van der Waals surface area contributed by atoms with E-state index in [4.69, 9.17) is 4.42 Å². The Kier molecular flexibility index (Phi) is 5.19. The minimum absolute atomic E-state index is 0.119. The Hall–Kier alpha value is -2.60. The van der Waals surface area contributed by atoms with E-state index in [0.717, 1.165) is 5.56 Å². The van der Waals surface area contributed by atoms with Crippen LogP contribution in [0.5, 0.6) is 0 Å². The first kappa shape index (κ1) is 17.2. The maximum Gasteiger partial charge on any atom is 0.341 e. The highest BCUT2D eigenvalue weighted by atomic mass is 16.5. The third kappa shape index (κ3) is 3.74. The number of ether oxygens (including phenoxy) is 1. The van der Waals surface area contributed by atoms with Gasteiger partial charge in [-0.2, -0.15) is 0 Å². The summed E-state index contributed by atoms with van der Waals surface area (Å²) in [6.45, 7) is 1.09. The molecular weight excluding hydrogens is 322 g/mol. The second-order valence-electron chi connectivity index (χ2n) is 6.18. The van der Waals surface area contributed by atoms with Crippen molar-refractivity contribution in [2.75, 3.05) is 20.2 Å². The van der Waals surface area contributed by atoms with Gasteiger partial charge in [0.25, 0.3) is 5.91 Å². The van der Waals surface area contributed by atoms with Gasteiger partial charge in [-0.25, -0.2) is 4.79 Å². The molecular formula is C19H21NO5. The van der Waals surface area contributed by atoms with Gasteiger partial charge in [0.1, 0.15) is 6.26 Å². The standard InChI is InChI=1S/C19H21NO5/c1-24-19(23)15-11-16(25-12-15)18(22)20-9-7-14(8-10-20)17(21)13-5-3-2-4-6-13/h2-6,11-12,14,17,21H,7-10H2,1H3. The first-order valence-corrected chi connectivity index (χ1v) is 8.29. The molecule has 1 fully saturated rings. The predicted molar refractivity (Wildman–Crippen MR) is 90.1 cm³/mol. The summed E-state index contributed by atoms with van der Waals surface area (Å²) in [6.07, 6.45) is 2.14. The topological polar surface area (TPSA) is 80.0 Å². The SMILES string of the molecule is COC(=O)c1coc(C(=O)N2CCC(C(O)c3ccccc3)CC2)c1. The minimum Gasteiger partial charge on any atom is -0.465 e. The number of piperidine rings is 1. The number of amides is 1. The zero-order chi connectivity index (χ0) is 17.8. The van der Waals surface area contributed by atoms with Crippen LogP contribution < -0.4 is 0 Å². The molecule has 0 aliphatic carbocycles. The lowest BCUT2D eigenvalue weighted by Gasteiger charge is -2.34. The van der Waals surface area contributed by atoms with Gasteiger partial charge in [-0.05, 0) is 24.3 Å². The van der Waals surface area contributed by atoms with Gasteiger partial charge in [-0.15, -0.1) is 0 Å². The summed E-state index contributed by atoms with van der Waals surface area (Å²) >= 11 is 0. The number of hydrogen-bond donors (Lipinski definition) is 1. The smallest absolute Gasteiger partial charge is 0.341 e. The van der Waals surface area contributed by atoms with Gasteiger partial charge in [0.05, 0.1) is 18.8 Å². The van der Waals surface area contributed by atoms with Crippen LogP contribution in [0.25, 0.3) is 0 Å². The van der Waals surface area contributed by atoms with Crippen molar-refractivity contribution in [3.8, 4) is 0 Å². The Morgan fingerprint density at radius 3 is 2.56 bits per heavy atom. The molecule has 1 unspecified atom stereocenters. The molecule has 1 aromatic carbocycles. The predicted octanol–water partition coefficient (Wildman–Crippen LogP) is 2.65. The molecule has 1 N–H and O–H groups in total. The monoisotopic (exact) mass is 343 g/mol. The first-order valence-electron chi connectivity index (χ1n) is 8.29. The van der Waals surface area contributed by atoms with E-state index in [2.05, 4.69) is 4.74 Å². The highest BCUT2D eigenvalue weighted by molar-refractivity contribution is 5.96. The van der Waals surface area contributed by atoms with Gasteiger partial charge in [-0.3, -0.25) is 4.79 Å². The number of esters is 1. The lowest BCUT2D eigenvalue weighted by Crippen LogP contribution is -2.39. The van der Waals surface area contributed by atoms with Crippen LogP contribution in [-0.2, 0) is 4.74 Å². The van der Waals surface area contributed by atoms with E-state index >= 15 is 0 Å². The largest absolute Gasteiger partial charge is 0.465 e. The van der Waals surface area contributed by atoms with Crippen molar-refractivity contribution in [2.45, 2.75) is 18.9 Å². The molecule has 1 amide bonds. The third-order valence-corrected chi connectivity index (χ3v) is 4.65. The minimum atomic E-state index is -0.535. The Bertz CT molecular complexity index is 731. The molecule has 2 aromatic rings. The van der Waals surface area contributed by atoms with Crippen LogP contribution in [0.1, 0.15) is 45.4 Å². The average molecular weight is 343 g/mol. The number of aliphatic hydroxyl groups is 1. The Balaban J connectivity index is 1.59. The second-order valence-corrected chi connectivity index (χ2v) is 6.18. The van der Waals surface area contributed by atoms with Crippen LogP contribution in [0.4, 0.5) is 0 Å². The summed E-state index contributed by atoms with van der Waals surface area (Å²) in [5, 5.41) is 10.5. The zero-order valence-electron chi connectivity index (χ0n) is 14.1. The van der Waals surface area contributed by atoms with Crippen molar-refractivity contribution in [1.82, 2.24) is 4.90 Å². The van der Waals surface area contributed by atoms with Crippen molar-refractivity contribution in [3.05, 3.63) is 59.5 Å². The zero-order valence-corrected chi connectivity index (χ0v) is 14.1. The summed E-state index contributed by atoms with van der Waals surface area (Å²) in [4.78, 5) is 25.6. The van der Waals surface area contributed by atoms with Gasteiger partial charge in [-0.1, -0.05) is 30.3 Å². The molecule has 2 heterocycles. The normalized spacial score (nSPS) is 16.5. The van der Waals surface area contributed by atoms with Crippen molar-refractivity contribution in [2.24, 2.45) is 5.92 Å². The average Bonchev–Trinajstić information content (AvgIpc) is 3.17. The van der Waals surface area contributed by atoms with E-state index in [1.165, 1.54) is 19.4 Å². The summed E-state index contributed by atoms with van der Waals surface area (Å²) in [7, 11) is 1.28. The number of carbonyl (C=O) groups is 2. The molecule has 1 atom stereocenters. The van der Waals surface area contributed by atoms with Gasteiger partial charge in [0.15, 0.2) is 5.76 Å². The Morgan fingerprint density at radius 2 is 1.92 bits per heavy atom. The number of benzene rings is 1. The highest BCUT2D eigenvalue weighted by Gasteiger charge is 2.30. The third-order valence-electron chi connectivity index (χ3n) is 4.65. The molecule has 1 aromatic heterocycles. The summed E-state index contributed by atoms with van der Waals surface area (Å²) in [5.74, 6) is -0.536. The fourth-order valence-corrected chi connectivity index (χ4v) is 3.17. The van der Waals surface area contributed by atoms with Crippen LogP contribution in [0, 0.1) is 5.92 Å². The molecule has 0 saturated carbocycles. The van der Waals surface area contributed by atoms with E-state index in [0.29, 0.717) is 25.9 Å². The molecule has 25 heavy (non-hydrogen) atoms. The van der Waals surface area contributed by atoms with Crippen LogP contribution in [0.15, 0.2) is 47.1 Å². The molecule has 6 heteroatoms. The number of aliphatic hydroxyl groups excluding tert-OH is 1. The van der Waals surface area contributed by atoms with Gasteiger partial charge in [0, 0.05) is 19.2 Å². The van der Waals surface area contributed by atoms with Crippen LogP contribution >= 0.6 is 0 Å². The number of nitrogens with zero attached hydrogens (tertiary/aromatic N) is 1. The molecule has 132 valence electrons. The summed E-state index contributed by atoms with van der Waals surface area (Å²) in [6, 6.07) is 11.0. The molecule has 6 nitrogen and oxygen atoms in total. The van der Waals surface area contributed by atoms with Gasteiger partial charge >= 0.3 is 5.97 Å². The first-order chi connectivity index (χ1) is 12.1. The lowest BCUT2D eigenvalue weighted by molar-refractivity contribution is 0.0442. The van der Waals surface area contributed by atoms with Crippen molar-refractivity contribution >= 4 is 11.9 Å². The number of likely N-dealkylation sites (tertiary alicyclic amines) is 1. The van der Waals surface area contributed by atoms with Crippen molar-refractivity contribution < 1.29 is 23.8 Å². The van der Waals surface area contributed by atoms with Crippen molar-refractivity contribution in [3.63, 3.8) is 0 Å². The number of carbonyl (C=O) groups excluding carboxylic acids is 2. The maximum absolute atomic E-state index is 12.5. The van der Waals surface area contributed by atoms with E-state index in [1.807, 2.05) is 30.3 Å². The Labute approximate surface area is 146 Å². The highest BCUT2D eigenvalue weighted by Crippen LogP contribution is 2.31. The fraction of sp³-hybridized carbons (Fsp3) is 0.368. The molecule has 1 saturated heterocycles. The van der Waals surface area contributed by atoms with E-state index in [9.17, 15) is 14.7 Å². The van der Waals surface area contributed by atoms with E-state index in [-0.39, 0.29) is 23.1 Å².